The number of benzene rings is 2. The van der Waals surface area contributed by atoms with Gasteiger partial charge < -0.3 is 5.32 Å². The van der Waals surface area contributed by atoms with E-state index < -0.39 is 5.41 Å². The fourth-order valence-electron chi connectivity index (χ4n) is 3.72. The minimum Gasteiger partial charge on any atom is -0.325 e. The number of hydrogen-bond donors (Lipinski definition) is 1. The average molecular weight is 313 g/mol. The van der Waals surface area contributed by atoms with Crippen LogP contribution >= 0.6 is 11.6 Å². The lowest BCUT2D eigenvalue weighted by atomic mass is 9.81. The number of rotatable bonds is 2. The van der Waals surface area contributed by atoms with Gasteiger partial charge in [0, 0.05) is 29.4 Å². The van der Waals surface area contributed by atoms with Gasteiger partial charge in [-0.05, 0) is 30.7 Å². The van der Waals surface area contributed by atoms with Crippen LogP contribution < -0.4 is 5.32 Å². The van der Waals surface area contributed by atoms with E-state index in [9.17, 15) is 4.79 Å². The Balaban J connectivity index is 1.63. The van der Waals surface area contributed by atoms with E-state index >= 15 is 0 Å². The van der Waals surface area contributed by atoms with Gasteiger partial charge in [0.1, 0.15) is 0 Å². The number of nitrogens with zero attached hydrogens (tertiary/aromatic N) is 1. The second kappa shape index (κ2) is 5.11. The van der Waals surface area contributed by atoms with Crippen molar-refractivity contribution in [3.8, 4) is 0 Å². The predicted octanol–water partition coefficient (Wildman–Crippen LogP) is 3.44. The lowest BCUT2D eigenvalue weighted by molar-refractivity contribution is -0.120. The standard InChI is InChI=1S/C18H17ClN2O/c19-14-7-4-8-15-16(14)18(17(22)20-15)9-10-21(12-18)11-13-5-2-1-3-6-13/h1-8H,9-12H2,(H,20,22). The summed E-state index contributed by atoms with van der Waals surface area (Å²) in [5.74, 6) is 0.0890. The highest BCUT2D eigenvalue weighted by Gasteiger charge is 2.52. The number of carbonyl (C=O) groups excluding carboxylic acids is 1. The van der Waals surface area contributed by atoms with Gasteiger partial charge in [0.15, 0.2) is 0 Å². The molecule has 1 N–H and O–H groups in total. The summed E-state index contributed by atoms with van der Waals surface area (Å²) in [6.07, 6.45) is 0.822. The third kappa shape index (κ3) is 2.04. The Morgan fingerprint density at radius 3 is 2.77 bits per heavy atom. The van der Waals surface area contributed by atoms with Crippen molar-refractivity contribution in [2.24, 2.45) is 0 Å². The van der Waals surface area contributed by atoms with E-state index in [0.29, 0.717) is 5.02 Å². The highest BCUT2D eigenvalue weighted by atomic mass is 35.5. The van der Waals surface area contributed by atoms with Crippen LogP contribution in [0.25, 0.3) is 0 Å². The molecule has 1 spiro atoms. The maximum absolute atomic E-state index is 12.6. The van der Waals surface area contributed by atoms with Gasteiger partial charge >= 0.3 is 0 Å². The Hall–Kier alpha value is -1.84. The number of anilines is 1. The SMILES string of the molecule is O=C1Nc2cccc(Cl)c2C12CCN(Cc1ccccc1)C2. The molecule has 2 aromatic carbocycles. The van der Waals surface area contributed by atoms with Crippen LogP contribution in [0.4, 0.5) is 5.69 Å². The minimum atomic E-state index is -0.484. The maximum Gasteiger partial charge on any atom is 0.236 e. The van der Waals surface area contributed by atoms with Crippen molar-refractivity contribution < 1.29 is 4.79 Å². The van der Waals surface area contributed by atoms with Crippen LogP contribution in [-0.4, -0.2) is 23.9 Å². The van der Waals surface area contributed by atoms with E-state index in [1.54, 1.807) is 0 Å². The Morgan fingerprint density at radius 2 is 1.95 bits per heavy atom. The maximum atomic E-state index is 12.6. The number of nitrogens with one attached hydrogen (secondary N) is 1. The van der Waals surface area contributed by atoms with Crippen molar-refractivity contribution >= 4 is 23.2 Å². The van der Waals surface area contributed by atoms with Crippen LogP contribution in [0, 0.1) is 0 Å². The summed E-state index contributed by atoms with van der Waals surface area (Å²) < 4.78 is 0. The molecule has 4 heteroatoms. The quantitative estimate of drug-likeness (QED) is 0.921. The van der Waals surface area contributed by atoms with E-state index in [1.165, 1.54) is 5.56 Å². The number of fused-ring (bicyclic) bond motifs is 2. The van der Waals surface area contributed by atoms with Crippen LogP contribution in [0.15, 0.2) is 48.5 Å². The molecule has 0 aromatic heterocycles. The van der Waals surface area contributed by atoms with Crippen LogP contribution in [-0.2, 0) is 16.8 Å². The fourth-order valence-corrected chi connectivity index (χ4v) is 4.08. The number of halogens is 1. The average Bonchev–Trinajstić information content (AvgIpc) is 3.04. The lowest BCUT2D eigenvalue weighted by Crippen LogP contribution is -2.37. The molecular weight excluding hydrogens is 296 g/mol. The number of carbonyl (C=O) groups is 1. The zero-order valence-corrected chi connectivity index (χ0v) is 12.9. The van der Waals surface area contributed by atoms with Crippen molar-refractivity contribution in [2.75, 3.05) is 18.4 Å². The van der Waals surface area contributed by atoms with Crippen LogP contribution in [0.3, 0.4) is 0 Å². The molecule has 2 heterocycles. The van der Waals surface area contributed by atoms with E-state index in [0.717, 1.165) is 37.3 Å². The van der Waals surface area contributed by atoms with Gasteiger partial charge in [0.25, 0.3) is 0 Å². The molecular formula is C18H17ClN2O. The summed E-state index contributed by atoms with van der Waals surface area (Å²) in [6.45, 7) is 2.51. The molecule has 1 fully saturated rings. The van der Waals surface area contributed by atoms with E-state index in [1.807, 2.05) is 24.3 Å². The Labute approximate surface area is 134 Å². The first-order valence-corrected chi connectivity index (χ1v) is 7.94. The molecule has 0 saturated carbocycles. The molecule has 0 radical (unpaired) electrons. The summed E-state index contributed by atoms with van der Waals surface area (Å²) in [5.41, 5.74) is 2.65. The third-order valence-electron chi connectivity index (χ3n) is 4.77. The molecule has 0 aliphatic carbocycles. The monoisotopic (exact) mass is 312 g/mol. The van der Waals surface area contributed by atoms with E-state index in [-0.39, 0.29) is 5.91 Å². The molecule has 112 valence electrons. The molecule has 1 unspecified atom stereocenters. The summed E-state index contributed by atoms with van der Waals surface area (Å²) in [6, 6.07) is 16.1. The Bertz CT molecular complexity index is 731. The van der Waals surface area contributed by atoms with Gasteiger partial charge in [-0.15, -0.1) is 0 Å². The van der Waals surface area contributed by atoms with Crippen LogP contribution in [0.5, 0.6) is 0 Å². The number of amides is 1. The fraction of sp³-hybridized carbons (Fsp3) is 0.278. The summed E-state index contributed by atoms with van der Waals surface area (Å²) >= 11 is 6.40. The normalized spacial score (nSPS) is 23.8. The Morgan fingerprint density at radius 1 is 1.14 bits per heavy atom. The van der Waals surface area contributed by atoms with Gasteiger partial charge in [0.2, 0.25) is 5.91 Å². The molecule has 22 heavy (non-hydrogen) atoms. The van der Waals surface area contributed by atoms with E-state index in [4.69, 9.17) is 11.6 Å². The smallest absolute Gasteiger partial charge is 0.236 e. The second-order valence-electron chi connectivity index (χ2n) is 6.14. The largest absolute Gasteiger partial charge is 0.325 e. The molecule has 2 aromatic rings. The second-order valence-corrected chi connectivity index (χ2v) is 6.55. The zero-order valence-electron chi connectivity index (χ0n) is 12.2. The molecule has 2 aliphatic heterocycles. The van der Waals surface area contributed by atoms with E-state index in [2.05, 4.69) is 34.5 Å². The molecule has 3 nitrogen and oxygen atoms in total. The van der Waals surface area contributed by atoms with Crippen molar-refractivity contribution in [3.05, 3.63) is 64.7 Å². The molecule has 1 atom stereocenters. The van der Waals surface area contributed by atoms with Crippen molar-refractivity contribution in [3.63, 3.8) is 0 Å². The topological polar surface area (TPSA) is 32.3 Å². The molecule has 4 rings (SSSR count). The summed E-state index contributed by atoms with van der Waals surface area (Å²) in [4.78, 5) is 14.9. The number of hydrogen-bond acceptors (Lipinski definition) is 2. The van der Waals surface area contributed by atoms with Gasteiger partial charge in [-0.3, -0.25) is 9.69 Å². The minimum absolute atomic E-state index is 0.0890. The highest BCUT2D eigenvalue weighted by Crippen LogP contribution is 2.47. The van der Waals surface area contributed by atoms with Gasteiger partial charge in [0.05, 0.1) is 5.41 Å². The first kappa shape index (κ1) is 13.8. The third-order valence-corrected chi connectivity index (χ3v) is 5.09. The number of likely N-dealkylation sites (tertiary alicyclic amines) is 1. The summed E-state index contributed by atoms with van der Waals surface area (Å²) in [7, 11) is 0. The zero-order chi connectivity index (χ0) is 15.2. The van der Waals surface area contributed by atoms with Crippen molar-refractivity contribution in [2.45, 2.75) is 18.4 Å². The lowest BCUT2D eigenvalue weighted by Gasteiger charge is -2.23. The molecule has 2 aliphatic rings. The first-order chi connectivity index (χ1) is 10.7. The Kier molecular flexibility index (Phi) is 3.21. The molecule has 0 bridgehead atoms. The predicted molar refractivity (Wildman–Crippen MR) is 88.1 cm³/mol. The van der Waals surface area contributed by atoms with Gasteiger partial charge in [-0.2, -0.15) is 0 Å². The molecule has 1 amide bonds. The van der Waals surface area contributed by atoms with Crippen LogP contribution in [0.1, 0.15) is 17.5 Å². The van der Waals surface area contributed by atoms with Gasteiger partial charge in [-0.1, -0.05) is 48.0 Å². The molecule has 1 saturated heterocycles. The van der Waals surface area contributed by atoms with Crippen molar-refractivity contribution in [1.29, 1.82) is 0 Å². The van der Waals surface area contributed by atoms with Crippen LogP contribution in [0.2, 0.25) is 5.02 Å². The van der Waals surface area contributed by atoms with Crippen molar-refractivity contribution in [1.82, 2.24) is 4.90 Å². The summed E-state index contributed by atoms with van der Waals surface area (Å²) in [5, 5.41) is 3.70. The highest BCUT2D eigenvalue weighted by molar-refractivity contribution is 6.33. The first-order valence-electron chi connectivity index (χ1n) is 7.56. The van der Waals surface area contributed by atoms with Gasteiger partial charge in [-0.25, -0.2) is 0 Å².